The van der Waals surface area contributed by atoms with Gasteiger partial charge in [0.05, 0.1) is 0 Å². The van der Waals surface area contributed by atoms with Crippen molar-refractivity contribution in [2.45, 2.75) is 33.3 Å². The van der Waals surface area contributed by atoms with Crippen LogP contribution in [0, 0.1) is 12.7 Å². The van der Waals surface area contributed by atoms with Crippen molar-refractivity contribution in [3.05, 3.63) is 35.1 Å². The number of ether oxygens (including phenoxy) is 1. The van der Waals surface area contributed by atoms with Gasteiger partial charge in [-0.15, -0.1) is 0 Å². The maximum absolute atomic E-state index is 13.1. The maximum Gasteiger partial charge on any atom is 0.410 e. The SMILES string of the molecule is Cc1cc(F)ccc1C(=O)N1CCN(C(=O)OC(C)(C)C)CC1. The first kappa shape index (κ1) is 17.2. The molecule has 0 saturated carbocycles. The average Bonchev–Trinajstić information content (AvgIpc) is 2.45. The van der Waals surface area contributed by atoms with E-state index in [1.165, 1.54) is 18.2 Å². The molecule has 0 bridgehead atoms. The van der Waals surface area contributed by atoms with Gasteiger partial charge in [0.2, 0.25) is 0 Å². The van der Waals surface area contributed by atoms with Crippen LogP contribution in [0.2, 0.25) is 0 Å². The Bertz CT molecular complexity index is 602. The Kier molecular flexibility index (Phi) is 4.92. The van der Waals surface area contributed by atoms with Gasteiger partial charge in [0, 0.05) is 31.7 Å². The van der Waals surface area contributed by atoms with Gasteiger partial charge in [-0.25, -0.2) is 9.18 Å². The normalized spacial score (nSPS) is 15.5. The molecule has 5 nitrogen and oxygen atoms in total. The Hall–Kier alpha value is -2.11. The van der Waals surface area contributed by atoms with Crippen molar-refractivity contribution in [2.75, 3.05) is 26.2 Å². The molecule has 1 aliphatic rings. The highest BCUT2D eigenvalue weighted by Gasteiger charge is 2.28. The quantitative estimate of drug-likeness (QED) is 0.799. The minimum atomic E-state index is -0.532. The smallest absolute Gasteiger partial charge is 0.410 e. The number of amides is 2. The second kappa shape index (κ2) is 6.56. The summed E-state index contributed by atoms with van der Waals surface area (Å²) in [5.74, 6) is -0.486. The first-order valence-corrected chi connectivity index (χ1v) is 7.71. The van der Waals surface area contributed by atoms with E-state index in [1.54, 1.807) is 16.7 Å². The Morgan fingerprint density at radius 2 is 1.65 bits per heavy atom. The van der Waals surface area contributed by atoms with Crippen LogP contribution < -0.4 is 0 Å². The first-order chi connectivity index (χ1) is 10.7. The lowest BCUT2D eigenvalue weighted by Gasteiger charge is -2.35. The van der Waals surface area contributed by atoms with E-state index in [9.17, 15) is 14.0 Å². The first-order valence-electron chi connectivity index (χ1n) is 7.71. The molecule has 1 saturated heterocycles. The molecule has 126 valence electrons. The van der Waals surface area contributed by atoms with E-state index in [2.05, 4.69) is 0 Å². The number of benzene rings is 1. The van der Waals surface area contributed by atoms with Crippen molar-refractivity contribution in [3.8, 4) is 0 Å². The molecular weight excluding hydrogens is 299 g/mol. The summed E-state index contributed by atoms with van der Waals surface area (Å²) in [4.78, 5) is 27.8. The minimum Gasteiger partial charge on any atom is -0.444 e. The predicted octanol–water partition coefficient (Wildman–Crippen LogP) is 2.83. The average molecular weight is 322 g/mol. The Morgan fingerprint density at radius 3 is 2.17 bits per heavy atom. The molecule has 23 heavy (non-hydrogen) atoms. The van der Waals surface area contributed by atoms with Gasteiger partial charge in [-0.05, 0) is 51.5 Å². The van der Waals surface area contributed by atoms with Crippen LogP contribution in [0.15, 0.2) is 18.2 Å². The molecule has 1 aliphatic heterocycles. The number of rotatable bonds is 1. The van der Waals surface area contributed by atoms with Crippen molar-refractivity contribution in [1.29, 1.82) is 0 Å². The Balaban J connectivity index is 1.96. The summed E-state index contributed by atoms with van der Waals surface area (Å²) < 4.78 is 18.5. The second-order valence-corrected chi connectivity index (χ2v) is 6.72. The number of hydrogen-bond acceptors (Lipinski definition) is 3. The zero-order valence-corrected chi connectivity index (χ0v) is 14.1. The van der Waals surface area contributed by atoms with Crippen LogP contribution in [0.1, 0.15) is 36.7 Å². The lowest BCUT2D eigenvalue weighted by molar-refractivity contribution is 0.0140. The topological polar surface area (TPSA) is 49.9 Å². The molecule has 6 heteroatoms. The highest BCUT2D eigenvalue weighted by molar-refractivity contribution is 5.95. The minimum absolute atomic E-state index is 0.133. The fraction of sp³-hybridized carbons (Fsp3) is 0.529. The van der Waals surface area contributed by atoms with Gasteiger partial charge in [0.15, 0.2) is 0 Å². The molecule has 0 unspecified atom stereocenters. The number of aryl methyl sites for hydroxylation is 1. The number of carbonyl (C=O) groups excluding carboxylic acids is 2. The van der Waals surface area contributed by atoms with Gasteiger partial charge in [0.1, 0.15) is 11.4 Å². The molecule has 1 aromatic carbocycles. The summed E-state index contributed by atoms with van der Waals surface area (Å²) in [5, 5.41) is 0. The molecular formula is C17H23FN2O3. The van der Waals surface area contributed by atoms with E-state index < -0.39 is 5.60 Å². The van der Waals surface area contributed by atoms with Crippen LogP contribution in [0.3, 0.4) is 0 Å². The number of halogens is 1. The van der Waals surface area contributed by atoms with Crippen LogP contribution in [0.4, 0.5) is 9.18 Å². The third kappa shape index (κ3) is 4.43. The van der Waals surface area contributed by atoms with Crippen LogP contribution >= 0.6 is 0 Å². The van der Waals surface area contributed by atoms with Crippen LogP contribution in [-0.4, -0.2) is 53.6 Å². The third-order valence-electron chi connectivity index (χ3n) is 3.64. The largest absolute Gasteiger partial charge is 0.444 e. The van der Waals surface area contributed by atoms with Crippen molar-refractivity contribution in [3.63, 3.8) is 0 Å². The summed E-state index contributed by atoms with van der Waals surface area (Å²) >= 11 is 0. The van der Waals surface area contributed by atoms with Crippen LogP contribution in [-0.2, 0) is 4.74 Å². The lowest BCUT2D eigenvalue weighted by Crippen LogP contribution is -2.51. The van der Waals surface area contributed by atoms with Crippen molar-refractivity contribution >= 4 is 12.0 Å². The van der Waals surface area contributed by atoms with E-state index in [1.807, 2.05) is 20.8 Å². The molecule has 0 atom stereocenters. The highest BCUT2D eigenvalue weighted by Crippen LogP contribution is 2.16. The highest BCUT2D eigenvalue weighted by atomic mass is 19.1. The molecule has 1 aromatic rings. The molecule has 0 aromatic heterocycles. The van der Waals surface area contributed by atoms with Crippen LogP contribution in [0.25, 0.3) is 0 Å². The van der Waals surface area contributed by atoms with E-state index in [0.717, 1.165) is 0 Å². The van der Waals surface area contributed by atoms with Gasteiger partial charge >= 0.3 is 6.09 Å². The standard InChI is InChI=1S/C17H23FN2O3/c1-12-11-13(18)5-6-14(12)15(21)19-7-9-20(10-8-19)16(22)23-17(2,3)4/h5-6,11H,7-10H2,1-4H3. The number of nitrogens with zero attached hydrogens (tertiary/aromatic N) is 2. The number of piperazine rings is 1. The van der Waals surface area contributed by atoms with Crippen molar-refractivity contribution in [2.24, 2.45) is 0 Å². The maximum atomic E-state index is 13.1. The van der Waals surface area contributed by atoms with Gasteiger partial charge < -0.3 is 14.5 Å². The molecule has 0 N–H and O–H groups in total. The zero-order valence-electron chi connectivity index (χ0n) is 14.1. The number of carbonyl (C=O) groups is 2. The fourth-order valence-electron chi connectivity index (χ4n) is 2.46. The molecule has 0 aliphatic carbocycles. The lowest BCUT2D eigenvalue weighted by atomic mass is 10.1. The summed E-state index contributed by atoms with van der Waals surface area (Å²) in [6.07, 6.45) is -0.359. The molecule has 2 amide bonds. The molecule has 2 rings (SSSR count). The van der Waals surface area contributed by atoms with Gasteiger partial charge in [-0.1, -0.05) is 0 Å². The summed E-state index contributed by atoms with van der Waals surface area (Å²) in [5.41, 5.74) is 0.580. The van der Waals surface area contributed by atoms with Crippen LogP contribution in [0.5, 0.6) is 0 Å². The summed E-state index contributed by atoms with van der Waals surface area (Å²) in [6, 6.07) is 4.15. The zero-order chi connectivity index (χ0) is 17.2. The molecule has 1 fully saturated rings. The molecule has 0 radical (unpaired) electrons. The van der Waals surface area contributed by atoms with Crippen molar-refractivity contribution in [1.82, 2.24) is 9.80 Å². The fourth-order valence-corrected chi connectivity index (χ4v) is 2.46. The second-order valence-electron chi connectivity index (χ2n) is 6.72. The van der Waals surface area contributed by atoms with Gasteiger partial charge in [0.25, 0.3) is 5.91 Å². The summed E-state index contributed by atoms with van der Waals surface area (Å²) in [6.45, 7) is 8.92. The number of hydrogen-bond donors (Lipinski definition) is 0. The molecule has 1 heterocycles. The van der Waals surface area contributed by atoms with Crippen molar-refractivity contribution < 1.29 is 18.7 Å². The molecule has 0 spiro atoms. The van der Waals surface area contributed by atoms with E-state index in [0.29, 0.717) is 37.3 Å². The monoisotopic (exact) mass is 322 g/mol. The third-order valence-corrected chi connectivity index (χ3v) is 3.64. The predicted molar refractivity (Wildman–Crippen MR) is 84.8 cm³/mol. The van der Waals surface area contributed by atoms with Gasteiger partial charge in [-0.3, -0.25) is 4.79 Å². The Labute approximate surface area is 136 Å². The van der Waals surface area contributed by atoms with E-state index in [4.69, 9.17) is 4.74 Å². The van der Waals surface area contributed by atoms with E-state index in [-0.39, 0.29) is 17.8 Å². The van der Waals surface area contributed by atoms with E-state index >= 15 is 0 Å². The Morgan fingerprint density at radius 1 is 1.09 bits per heavy atom. The van der Waals surface area contributed by atoms with Gasteiger partial charge in [-0.2, -0.15) is 0 Å². The summed E-state index contributed by atoms with van der Waals surface area (Å²) in [7, 11) is 0.